The number of hydrogen-bond acceptors (Lipinski definition) is 6. The summed E-state index contributed by atoms with van der Waals surface area (Å²) in [7, 11) is 0. The van der Waals surface area contributed by atoms with Gasteiger partial charge in [-0.3, -0.25) is 4.79 Å². The zero-order valence-electron chi connectivity index (χ0n) is 18.0. The number of piperidine rings is 1. The second kappa shape index (κ2) is 7.86. The van der Waals surface area contributed by atoms with Gasteiger partial charge in [0.1, 0.15) is 16.9 Å². The van der Waals surface area contributed by atoms with E-state index in [1.807, 2.05) is 0 Å². The molecule has 3 aromatic rings. The van der Waals surface area contributed by atoms with Crippen LogP contribution in [0.5, 0.6) is 5.75 Å². The Morgan fingerprint density at radius 3 is 3.03 bits per heavy atom. The second-order valence-corrected chi connectivity index (χ2v) is 9.19. The third kappa shape index (κ3) is 3.73. The van der Waals surface area contributed by atoms with Gasteiger partial charge in [0.2, 0.25) is 0 Å². The van der Waals surface area contributed by atoms with Crippen LogP contribution in [-0.4, -0.2) is 45.8 Å². The normalized spacial score (nSPS) is 19.1. The number of fused-ring (bicyclic) bond motifs is 2. The standard InChI is InChI=1S/C24H27N5O3/c30-23(19-13-27-29-9-1-6-26-22(19)29)28-20-10-17-12-24(4-7-25-8-5-24)32-21(17)11-18(20)15-31-14-16-2-3-16/h1,6,9-11,13,16,25H,2-5,7-8,12,14-15H2,(H,28,30). The molecule has 3 aliphatic rings. The van der Waals surface area contributed by atoms with Gasteiger partial charge in [-0.25, -0.2) is 9.50 Å². The predicted molar refractivity (Wildman–Crippen MR) is 119 cm³/mol. The second-order valence-electron chi connectivity index (χ2n) is 9.19. The van der Waals surface area contributed by atoms with Crippen LogP contribution in [0.3, 0.4) is 0 Å². The van der Waals surface area contributed by atoms with E-state index in [4.69, 9.17) is 9.47 Å². The maximum atomic E-state index is 13.1. The fraction of sp³-hybridized carbons (Fsp3) is 0.458. The van der Waals surface area contributed by atoms with Gasteiger partial charge in [-0.1, -0.05) is 0 Å². The van der Waals surface area contributed by atoms with Crippen LogP contribution in [0.15, 0.2) is 36.8 Å². The summed E-state index contributed by atoms with van der Waals surface area (Å²) in [5.74, 6) is 1.38. The highest BCUT2D eigenvalue weighted by Crippen LogP contribution is 2.42. The van der Waals surface area contributed by atoms with Crippen molar-refractivity contribution in [3.63, 3.8) is 0 Å². The monoisotopic (exact) mass is 433 g/mol. The summed E-state index contributed by atoms with van der Waals surface area (Å²) in [5.41, 5.74) is 3.71. The molecule has 32 heavy (non-hydrogen) atoms. The quantitative estimate of drug-likeness (QED) is 0.621. The Balaban J connectivity index is 1.28. The van der Waals surface area contributed by atoms with Crippen LogP contribution in [-0.2, 0) is 17.8 Å². The first-order valence-electron chi connectivity index (χ1n) is 11.4. The highest BCUT2D eigenvalue weighted by atomic mass is 16.5. The number of nitrogens with zero attached hydrogens (tertiary/aromatic N) is 3. The summed E-state index contributed by atoms with van der Waals surface area (Å²) in [6.07, 6.45) is 10.3. The molecule has 1 aliphatic carbocycles. The van der Waals surface area contributed by atoms with E-state index in [-0.39, 0.29) is 11.5 Å². The maximum absolute atomic E-state index is 13.1. The van der Waals surface area contributed by atoms with Crippen LogP contribution < -0.4 is 15.4 Å². The number of ether oxygens (including phenoxy) is 2. The first-order chi connectivity index (χ1) is 15.7. The van der Waals surface area contributed by atoms with E-state index in [2.05, 4.69) is 32.8 Å². The SMILES string of the molecule is O=C(Nc1cc2c(cc1COCC1CC1)OC1(CCNCC1)C2)c1cnn2cccnc12. The number of nitrogens with one attached hydrogen (secondary N) is 2. The molecule has 1 aromatic carbocycles. The molecule has 1 saturated heterocycles. The Morgan fingerprint density at radius 2 is 2.19 bits per heavy atom. The molecule has 2 fully saturated rings. The molecule has 166 valence electrons. The molecular weight excluding hydrogens is 406 g/mol. The Bertz CT molecular complexity index is 1160. The van der Waals surface area contributed by atoms with E-state index in [0.29, 0.717) is 23.7 Å². The third-order valence-corrected chi connectivity index (χ3v) is 6.72. The van der Waals surface area contributed by atoms with E-state index in [1.54, 1.807) is 29.2 Å². The van der Waals surface area contributed by atoms with Crippen LogP contribution in [0, 0.1) is 5.92 Å². The van der Waals surface area contributed by atoms with E-state index in [1.165, 1.54) is 12.8 Å². The number of carbonyl (C=O) groups is 1. The average Bonchev–Trinajstić information content (AvgIpc) is 3.42. The number of carbonyl (C=O) groups excluding carboxylic acids is 1. The van der Waals surface area contributed by atoms with Crippen LogP contribution in [0.25, 0.3) is 5.65 Å². The molecule has 1 saturated carbocycles. The first-order valence-corrected chi connectivity index (χ1v) is 11.4. The van der Waals surface area contributed by atoms with Gasteiger partial charge in [0.05, 0.1) is 12.8 Å². The van der Waals surface area contributed by atoms with Crippen molar-refractivity contribution >= 4 is 17.2 Å². The smallest absolute Gasteiger partial charge is 0.261 e. The lowest BCUT2D eigenvalue weighted by atomic mass is 9.87. The van der Waals surface area contributed by atoms with Gasteiger partial charge in [-0.2, -0.15) is 5.10 Å². The maximum Gasteiger partial charge on any atom is 0.261 e. The van der Waals surface area contributed by atoms with Gasteiger partial charge in [0.15, 0.2) is 5.65 Å². The van der Waals surface area contributed by atoms with Crippen molar-refractivity contribution in [3.05, 3.63) is 53.5 Å². The molecule has 8 heteroatoms. The van der Waals surface area contributed by atoms with Crippen molar-refractivity contribution < 1.29 is 14.3 Å². The zero-order chi connectivity index (χ0) is 21.5. The van der Waals surface area contributed by atoms with Crippen LogP contribution >= 0.6 is 0 Å². The summed E-state index contributed by atoms with van der Waals surface area (Å²) in [6.45, 7) is 3.15. The van der Waals surface area contributed by atoms with Gasteiger partial charge in [-0.15, -0.1) is 0 Å². The minimum atomic E-state index is -0.224. The van der Waals surface area contributed by atoms with Crippen molar-refractivity contribution in [1.29, 1.82) is 0 Å². The molecule has 0 unspecified atom stereocenters. The lowest BCUT2D eigenvalue weighted by Gasteiger charge is -2.33. The van der Waals surface area contributed by atoms with E-state index < -0.39 is 0 Å². The Morgan fingerprint density at radius 1 is 1.31 bits per heavy atom. The molecular formula is C24H27N5O3. The lowest BCUT2D eigenvalue weighted by Crippen LogP contribution is -2.45. The van der Waals surface area contributed by atoms with E-state index in [9.17, 15) is 4.79 Å². The Kier molecular flexibility index (Phi) is 4.84. The molecule has 1 spiro atoms. The fourth-order valence-corrected chi connectivity index (χ4v) is 4.71. The number of rotatable bonds is 6. The summed E-state index contributed by atoms with van der Waals surface area (Å²) in [6, 6.07) is 5.91. The van der Waals surface area contributed by atoms with Crippen molar-refractivity contribution in [2.45, 2.75) is 44.3 Å². The third-order valence-electron chi connectivity index (χ3n) is 6.72. The zero-order valence-corrected chi connectivity index (χ0v) is 18.0. The van der Waals surface area contributed by atoms with Crippen LogP contribution in [0.1, 0.15) is 47.2 Å². The topological polar surface area (TPSA) is 89.8 Å². The molecule has 0 atom stereocenters. The van der Waals surface area contributed by atoms with Gasteiger partial charge in [-0.05, 0) is 62.9 Å². The fourth-order valence-electron chi connectivity index (χ4n) is 4.71. The molecule has 6 rings (SSSR count). The highest BCUT2D eigenvalue weighted by Gasteiger charge is 2.40. The largest absolute Gasteiger partial charge is 0.487 e. The number of hydrogen-bond donors (Lipinski definition) is 2. The lowest BCUT2D eigenvalue weighted by molar-refractivity contribution is 0.0596. The Hall–Kier alpha value is -2.97. The van der Waals surface area contributed by atoms with Gasteiger partial charge >= 0.3 is 0 Å². The molecule has 0 radical (unpaired) electrons. The van der Waals surface area contributed by atoms with Crippen molar-refractivity contribution in [3.8, 4) is 5.75 Å². The summed E-state index contributed by atoms with van der Waals surface area (Å²) >= 11 is 0. The van der Waals surface area contributed by atoms with Gasteiger partial charge in [0.25, 0.3) is 5.91 Å². The van der Waals surface area contributed by atoms with Crippen LogP contribution in [0.2, 0.25) is 0 Å². The minimum Gasteiger partial charge on any atom is -0.487 e. The molecule has 2 N–H and O–H groups in total. The highest BCUT2D eigenvalue weighted by molar-refractivity contribution is 6.08. The van der Waals surface area contributed by atoms with E-state index >= 15 is 0 Å². The minimum absolute atomic E-state index is 0.130. The first kappa shape index (κ1) is 19.7. The predicted octanol–water partition coefficient (Wildman–Crippen LogP) is 2.97. The van der Waals surface area contributed by atoms with Gasteiger partial charge < -0.3 is 20.1 Å². The summed E-state index contributed by atoms with van der Waals surface area (Å²) in [5, 5.41) is 10.8. The molecule has 8 nitrogen and oxygen atoms in total. The summed E-state index contributed by atoms with van der Waals surface area (Å²) in [4.78, 5) is 17.5. The Labute approximate surface area is 186 Å². The number of benzene rings is 1. The molecule has 2 aromatic heterocycles. The molecule has 0 bridgehead atoms. The van der Waals surface area contributed by atoms with Crippen molar-refractivity contribution in [1.82, 2.24) is 19.9 Å². The average molecular weight is 434 g/mol. The van der Waals surface area contributed by atoms with Crippen LogP contribution in [0.4, 0.5) is 5.69 Å². The number of anilines is 1. The molecule has 4 heterocycles. The van der Waals surface area contributed by atoms with Crippen molar-refractivity contribution in [2.24, 2.45) is 5.92 Å². The summed E-state index contributed by atoms with van der Waals surface area (Å²) < 4.78 is 14.1. The van der Waals surface area contributed by atoms with Gasteiger partial charge in [0, 0.05) is 42.2 Å². The molecule has 1 amide bonds. The molecule has 2 aliphatic heterocycles. The van der Waals surface area contributed by atoms with E-state index in [0.717, 1.165) is 61.5 Å². The van der Waals surface area contributed by atoms with Crippen molar-refractivity contribution in [2.75, 3.05) is 25.0 Å². The number of amides is 1. The number of aromatic nitrogens is 3.